The van der Waals surface area contributed by atoms with Crippen LogP contribution in [0, 0.1) is 6.92 Å². The molecule has 0 bridgehead atoms. The normalized spacial score (nSPS) is 11.2. The molecule has 28 heavy (non-hydrogen) atoms. The summed E-state index contributed by atoms with van der Waals surface area (Å²) in [6, 6.07) is 6.22. The zero-order valence-corrected chi connectivity index (χ0v) is 16.4. The van der Waals surface area contributed by atoms with Crippen molar-refractivity contribution in [1.82, 2.24) is 19.8 Å². The first kappa shape index (κ1) is 21.0. The van der Waals surface area contributed by atoms with Gasteiger partial charge in [-0.1, -0.05) is 6.07 Å². The minimum Gasteiger partial charge on any atom is -0.507 e. The topological polar surface area (TPSA) is 105 Å². The van der Waals surface area contributed by atoms with Crippen LogP contribution in [0.5, 0.6) is 5.75 Å². The summed E-state index contributed by atoms with van der Waals surface area (Å²) in [4.78, 5) is 42.9. The summed E-state index contributed by atoms with van der Waals surface area (Å²) in [5, 5.41) is 12.7. The van der Waals surface area contributed by atoms with Crippen LogP contribution in [0.4, 0.5) is 0 Å². The number of likely N-dealkylation sites (N-methyl/N-ethyl adjacent to an activating group) is 1. The van der Waals surface area contributed by atoms with E-state index in [9.17, 15) is 19.5 Å². The molecule has 2 N–H and O–H groups in total. The molecular weight excluding hydrogens is 360 g/mol. The fraction of sp³-hybridized carbons (Fsp3) is 0.300. The zero-order valence-electron chi connectivity index (χ0n) is 16.4. The van der Waals surface area contributed by atoms with Gasteiger partial charge in [-0.2, -0.15) is 0 Å². The maximum atomic E-state index is 12.4. The smallest absolute Gasteiger partial charge is 0.269 e. The van der Waals surface area contributed by atoms with Crippen LogP contribution in [-0.2, 0) is 7.05 Å². The molecule has 0 saturated heterocycles. The van der Waals surface area contributed by atoms with Crippen molar-refractivity contribution in [3.05, 3.63) is 63.3 Å². The van der Waals surface area contributed by atoms with Crippen molar-refractivity contribution >= 4 is 17.8 Å². The molecule has 0 fully saturated rings. The molecule has 0 atom stereocenters. The molecule has 8 heteroatoms. The summed E-state index contributed by atoms with van der Waals surface area (Å²) in [5.74, 6) is -1.31. The number of allylic oxidation sites excluding steroid dienone is 1. The van der Waals surface area contributed by atoms with E-state index in [4.69, 9.17) is 0 Å². The van der Waals surface area contributed by atoms with Gasteiger partial charge in [-0.25, -0.2) is 4.98 Å². The molecule has 2 heterocycles. The maximum Gasteiger partial charge on any atom is 0.269 e. The summed E-state index contributed by atoms with van der Waals surface area (Å²) < 4.78 is 1.29. The average Bonchev–Trinajstić information content (AvgIpc) is 2.64. The molecule has 0 aliphatic rings. The monoisotopic (exact) mass is 384 g/mol. The second-order valence-corrected chi connectivity index (χ2v) is 6.61. The minimum atomic E-state index is -0.638. The Balaban J connectivity index is 2.17. The molecule has 0 aliphatic heterocycles. The summed E-state index contributed by atoms with van der Waals surface area (Å²) in [6.07, 6.45) is 2.56. The number of carbonyl (C=O) groups is 2. The van der Waals surface area contributed by atoms with Crippen molar-refractivity contribution in [2.24, 2.45) is 7.05 Å². The Morgan fingerprint density at radius 3 is 2.71 bits per heavy atom. The van der Waals surface area contributed by atoms with Gasteiger partial charge >= 0.3 is 0 Å². The molecule has 0 aromatic carbocycles. The van der Waals surface area contributed by atoms with E-state index in [-0.39, 0.29) is 22.9 Å². The van der Waals surface area contributed by atoms with Crippen LogP contribution in [0.25, 0.3) is 6.08 Å². The second kappa shape index (κ2) is 9.09. The fourth-order valence-corrected chi connectivity index (χ4v) is 2.43. The van der Waals surface area contributed by atoms with Crippen molar-refractivity contribution in [3.63, 3.8) is 0 Å². The van der Waals surface area contributed by atoms with E-state index in [0.717, 1.165) is 6.08 Å². The van der Waals surface area contributed by atoms with Crippen molar-refractivity contribution in [1.29, 1.82) is 0 Å². The third-order valence-electron chi connectivity index (χ3n) is 4.15. The van der Waals surface area contributed by atoms with Crippen LogP contribution in [0.3, 0.4) is 0 Å². The third-order valence-corrected chi connectivity index (χ3v) is 4.15. The van der Waals surface area contributed by atoms with Crippen molar-refractivity contribution < 1.29 is 14.7 Å². The molecule has 0 aliphatic carbocycles. The largest absolute Gasteiger partial charge is 0.507 e. The molecular formula is C20H24N4O4. The highest BCUT2D eigenvalue weighted by Crippen LogP contribution is 2.15. The second-order valence-electron chi connectivity index (χ2n) is 6.61. The molecule has 2 aromatic heterocycles. The van der Waals surface area contributed by atoms with Gasteiger partial charge in [0, 0.05) is 31.9 Å². The Labute approximate surface area is 163 Å². The lowest BCUT2D eigenvalue weighted by Gasteiger charge is -2.10. The Hall–Kier alpha value is -3.26. The Kier molecular flexibility index (Phi) is 6.84. The van der Waals surface area contributed by atoms with E-state index >= 15 is 0 Å². The lowest BCUT2D eigenvalue weighted by molar-refractivity contribution is 0.0945. The number of amides is 1. The number of aryl methyl sites for hydroxylation is 1. The maximum absolute atomic E-state index is 12.4. The number of nitrogens with one attached hydrogen (secondary N) is 1. The van der Waals surface area contributed by atoms with Gasteiger partial charge in [0.2, 0.25) is 0 Å². The van der Waals surface area contributed by atoms with Gasteiger partial charge in [-0.15, -0.1) is 0 Å². The molecule has 0 radical (unpaired) electrons. The number of pyridine rings is 2. The quantitative estimate of drug-likeness (QED) is 0.545. The van der Waals surface area contributed by atoms with Crippen molar-refractivity contribution in [2.75, 3.05) is 27.2 Å². The average molecular weight is 384 g/mol. The van der Waals surface area contributed by atoms with Crippen molar-refractivity contribution in [3.8, 4) is 5.75 Å². The standard InChI is InChI=1S/C20H24N4O4/c1-13-12-17(26)18(20(28)24(13)4)16(25)9-8-14-6-5-7-15(22-14)19(27)21-10-11-23(2)3/h5-9,12,26H,10-11H2,1-4H3,(H,21,27)/b9-8+. The number of ketones is 1. The Morgan fingerprint density at radius 2 is 2.04 bits per heavy atom. The van der Waals surface area contributed by atoms with Gasteiger partial charge in [-0.05, 0) is 45.3 Å². The number of hydrogen-bond donors (Lipinski definition) is 2. The molecule has 8 nitrogen and oxygen atoms in total. The van der Waals surface area contributed by atoms with Gasteiger partial charge < -0.3 is 19.9 Å². The number of nitrogens with zero attached hydrogens (tertiary/aromatic N) is 3. The number of hydrogen-bond acceptors (Lipinski definition) is 6. The molecule has 1 amide bonds. The van der Waals surface area contributed by atoms with Gasteiger partial charge in [0.1, 0.15) is 17.0 Å². The van der Waals surface area contributed by atoms with Crippen LogP contribution in [0.1, 0.15) is 32.2 Å². The third kappa shape index (κ3) is 5.14. The van der Waals surface area contributed by atoms with Gasteiger partial charge in [0.05, 0.1) is 5.69 Å². The van der Waals surface area contributed by atoms with E-state index in [1.165, 1.54) is 23.8 Å². The molecule has 2 rings (SSSR count). The predicted octanol–water partition coefficient (Wildman–Crippen LogP) is 0.982. The van der Waals surface area contributed by atoms with E-state index in [2.05, 4.69) is 10.3 Å². The number of aromatic nitrogens is 2. The zero-order chi connectivity index (χ0) is 20.8. The van der Waals surface area contributed by atoms with Crippen LogP contribution < -0.4 is 10.9 Å². The number of aromatic hydroxyl groups is 1. The first-order valence-electron chi connectivity index (χ1n) is 8.72. The Morgan fingerprint density at radius 1 is 1.32 bits per heavy atom. The molecule has 0 saturated carbocycles. The molecule has 0 spiro atoms. The lowest BCUT2D eigenvalue weighted by atomic mass is 10.1. The van der Waals surface area contributed by atoms with Gasteiger partial charge in [0.25, 0.3) is 11.5 Å². The summed E-state index contributed by atoms with van der Waals surface area (Å²) in [6.45, 7) is 2.85. The van der Waals surface area contributed by atoms with Crippen LogP contribution in [0.15, 0.2) is 35.1 Å². The SMILES string of the molecule is Cc1cc(O)c(C(=O)/C=C/c2cccc(C(=O)NCCN(C)C)n2)c(=O)n1C. The fourth-order valence-electron chi connectivity index (χ4n) is 2.43. The minimum absolute atomic E-state index is 0.224. The van der Waals surface area contributed by atoms with E-state index in [0.29, 0.717) is 24.5 Å². The highest BCUT2D eigenvalue weighted by atomic mass is 16.3. The van der Waals surface area contributed by atoms with Crippen LogP contribution in [0.2, 0.25) is 0 Å². The molecule has 148 valence electrons. The van der Waals surface area contributed by atoms with Gasteiger partial charge in [-0.3, -0.25) is 14.4 Å². The lowest BCUT2D eigenvalue weighted by Crippen LogP contribution is -2.31. The molecule has 0 unspecified atom stereocenters. The summed E-state index contributed by atoms with van der Waals surface area (Å²) >= 11 is 0. The van der Waals surface area contributed by atoms with Gasteiger partial charge in [0.15, 0.2) is 5.78 Å². The van der Waals surface area contributed by atoms with E-state index in [1.807, 2.05) is 19.0 Å². The van der Waals surface area contributed by atoms with Crippen molar-refractivity contribution in [2.45, 2.75) is 6.92 Å². The summed E-state index contributed by atoms with van der Waals surface area (Å²) in [7, 11) is 5.34. The highest BCUT2D eigenvalue weighted by molar-refractivity contribution is 6.08. The summed E-state index contributed by atoms with van der Waals surface area (Å²) in [5.41, 5.74) is 0.272. The predicted molar refractivity (Wildman–Crippen MR) is 107 cm³/mol. The van der Waals surface area contributed by atoms with Crippen LogP contribution >= 0.6 is 0 Å². The first-order chi connectivity index (χ1) is 13.2. The Bertz CT molecular complexity index is 977. The van der Waals surface area contributed by atoms with E-state index in [1.54, 1.807) is 25.1 Å². The highest BCUT2D eigenvalue weighted by Gasteiger charge is 2.16. The first-order valence-corrected chi connectivity index (χ1v) is 8.72. The molecule has 2 aromatic rings. The number of carbonyl (C=O) groups excluding carboxylic acids is 2. The van der Waals surface area contributed by atoms with E-state index < -0.39 is 11.3 Å². The number of rotatable bonds is 7. The van der Waals surface area contributed by atoms with Crippen LogP contribution in [-0.4, -0.2) is 58.4 Å².